The fraction of sp³-hybridized carbons (Fsp3) is 0.840. The Morgan fingerprint density at radius 1 is 1.00 bits per heavy atom. The molecule has 12 heteroatoms. The molecule has 3 N–H and O–H groups in total. The molecular formula is C25H44FN2O8P. The van der Waals surface area contributed by atoms with E-state index >= 15 is 0 Å². The average molecular weight is 551 g/mol. The van der Waals surface area contributed by atoms with Crippen molar-refractivity contribution >= 4 is 7.82 Å². The van der Waals surface area contributed by atoms with Crippen LogP contribution in [0, 0.1) is 5.82 Å². The molecule has 0 saturated carbocycles. The number of aromatic amines is 1. The van der Waals surface area contributed by atoms with Crippen LogP contribution in [0.5, 0.6) is 0 Å². The maximum Gasteiger partial charge on any atom is 0.472 e. The third-order valence-corrected chi connectivity index (χ3v) is 7.58. The molecule has 1 unspecified atom stereocenters. The quantitative estimate of drug-likeness (QED) is 0.153. The number of ether oxygens (including phenoxy) is 1. The Balaban J connectivity index is 1.52. The number of aliphatic hydroxyl groups is 1. The van der Waals surface area contributed by atoms with Crippen LogP contribution in [-0.4, -0.2) is 45.0 Å². The highest BCUT2D eigenvalue weighted by atomic mass is 31.2. The molecule has 0 aliphatic carbocycles. The van der Waals surface area contributed by atoms with Crippen LogP contribution < -0.4 is 11.2 Å². The number of aliphatic hydroxyl groups excluding tert-OH is 1. The molecule has 2 rings (SSSR count). The normalized spacial score (nSPS) is 21.4. The molecule has 214 valence electrons. The molecule has 1 aromatic heterocycles. The van der Waals surface area contributed by atoms with Crippen molar-refractivity contribution in [2.24, 2.45) is 0 Å². The number of phosphoric acid groups is 1. The van der Waals surface area contributed by atoms with Crippen LogP contribution in [0.2, 0.25) is 0 Å². The zero-order valence-electron chi connectivity index (χ0n) is 21.9. The van der Waals surface area contributed by atoms with Crippen molar-refractivity contribution in [2.75, 3.05) is 13.2 Å². The maximum atomic E-state index is 13.5. The van der Waals surface area contributed by atoms with Crippen LogP contribution in [0.3, 0.4) is 0 Å². The van der Waals surface area contributed by atoms with E-state index in [1.54, 1.807) is 0 Å². The molecule has 1 aromatic rings. The Labute approximate surface area is 218 Å². The molecule has 4 atom stereocenters. The van der Waals surface area contributed by atoms with Crippen molar-refractivity contribution in [3.63, 3.8) is 0 Å². The van der Waals surface area contributed by atoms with Gasteiger partial charge in [-0.15, -0.1) is 0 Å². The summed E-state index contributed by atoms with van der Waals surface area (Å²) in [6.45, 7) is 1.86. The number of halogens is 1. The number of nitrogens with one attached hydrogen (secondary N) is 1. The molecule has 0 aromatic carbocycles. The highest BCUT2D eigenvalue weighted by molar-refractivity contribution is 7.47. The van der Waals surface area contributed by atoms with Gasteiger partial charge in [0, 0.05) is 6.42 Å². The van der Waals surface area contributed by atoms with Crippen molar-refractivity contribution in [2.45, 2.75) is 122 Å². The number of hydrogen-bond acceptors (Lipinski definition) is 7. The molecule has 1 saturated heterocycles. The molecule has 1 fully saturated rings. The maximum absolute atomic E-state index is 13.5. The molecule has 10 nitrogen and oxygen atoms in total. The van der Waals surface area contributed by atoms with Crippen molar-refractivity contribution in [1.29, 1.82) is 0 Å². The summed E-state index contributed by atoms with van der Waals surface area (Å²) >= 11 is 0. The van der Waals surface area contributed by atoms with Crippen molar-refractivity contribution in [3.05, 3.63) is 32.9 Å². The standard InChI is InChI=1S/C25H44FN2O8P/c1-2-3-4-5-6-7-8-9-10-11-12-13-14-15-16-34-37(32,33)35-19-22-21(29)17-23(36-22)28-18-20(26)24(30)27-25(28)31/h18,21-23,29H,2-17,19H2,1H3,(H,32,33)(H,27,30,31)/t21-,22+,23+/m0/s1. The summed E-state index contributed by atoms with van der Waals surface area (Å²) in [4.78, 5) is 34.7. The Bertz CT molecular complexity index is 940. The minimum absolute atomic E-state index is 0.0779. The van der Waals surface area contributed by atoms with E-state index in [9.17, 15) is 28.5 Å². The molecule has 37 heavy (non-hydrogen) atoms. The lowest BCUT2D eigenvalue weighted by molar-refractivity contribution is -0.0468. The summed E-state index contributed by atoms with van der Waals surface area (Å²) in [5, 5.41) is 10.2. The van der Waals surface area contributed by atoms with Crippen LogP contribution in [-0.2, 0) is 18.3 Å². The van der Waals surface area contributed by atoms with Gasteiger partial charge < -0.3 is 14.7 Å². The predicted molar refractivity (Wildman–Crippen MR) is 138 cm³/mol. The molecule has 1 aliphatic rings. The first-order valence-corrected chi connectivity index (χ1v) is 15.2. The van der Waals surface area contributed by atoms with Gasteiger partial charge in [-0.25, -0.2) is 9.36 Å². The van der Waals surface area contributed by atoms with Gasteiger partial charge in [-0.3, -0.25) is 23.4 Å². The molecule has 1 aliphatic heterocycles. The lowest BCUT2D eigenvalue weighted by atomic mass is 10.0. The number of rotatable bonds is 20. The monoisotopic (exact) mass is 550 g/mol. The van der Waals surface area contributed by atoms with Crippen molar-refractivity contribution in [3.8, 4) is 0 Å². The average Bonchev–Trinajstić information content (AvgIpc) is 3.22. The van der Waals surface area contributed by atoms with Crippen LogP contribution >= 0.6 is 7.82 Å². The number of hydrogen-bond donors (Lipinski definition) is 3. The summed E-state index contributed by atoms with van der Waals surface area (Å²) in [5.41, 5.74) is -2.05. The first kappa shape index (κ1) is 31.9. The SMILES string of the molecule is CCCCCCCCCCCCCCCCOP(=O)(O)OC[C@H]1O[C@@H](n2cc(F)c(=O)[nH]c2=O)C[C@@H]1O. The van der Waals surface area contributed by atoms with E-state index in [1.807, 2.05) is 4.98 Å². The minimum atomic E-state index is -4.34. The fourth-order valence-corrected chi connectivity index (χ4v) is 5.16. The van der Waals surface area contributed by atoms with Crippen molar-refractivity contribution in [1.82, 2.24) is 9.55 Å². The van der Waals surface area contributed by atoms with Crippen LogP contribution in [0.15, 0.2) is 15.8 Å². The predicted octanol–water partition coefficient (Wildman–Crippen LogP) is 4.94. The van der Waals surface area contributed by atoms with Gasteiger partial charge in [0.2, 0.25) is 5.82 Å². The first-order valence-electron chi connectivity index (χ1n) is 13.7. The fourth-order valence-electron chi connectivity index (χ4n) is 4.39. The highest BCUT2D eigenvalue weighted by Crippen LogP contribution is 2.44. The first-order chi connectivity index (χ1) is 17.7. The van der Waals surface area contributed by atoms with Crippen molar-refractivity contribution < 1.29 is 32.7 Å². The zero-order chi connectivity index (χ0) is 27.1. The summed E-state index contributed by atoms with van der Waals surface area (Å²) in [6, 6.07) is 0. The lowest BCUT2D eigenvalue weighted by Gasteiger charge is -2.18. The molecule has 0 spiro atoms. The summed E-state index contributed by atoms with van der Waals surface area (Å²) in [7, 11) is -4.34. The van der Waals surface area contributed by atoms with Gasteiger partial charge in [0.25, 0.3) is 5.56 Å². The minimum Gasteiger partial charge on any atom is -0.390 e. The molecule has 0 radical (unpaired) electrons. The van der Waals surface area contributed by atoms with E-state index < -0.39 is 49.9 Å². The third-order valence-electron chi connectivity index (χ3n) is 6.59. The largest absolute Gasteiger partial charge is 0.472 e. The lowest BCUT2D eigenvalue weighted by Crippen LogP contribution is -2.34. The van der Waals surface area contributed by atoms with E-state index in [-0.39, 0.29) is 13.0 Å². The van der Waals surface area contributed by atoms with E-state index in [4.69, 9.17) is 13.8 Å². The van der Waals surface area contributed by atoms with E-state index in [1.165, 1.54) is 64.2 Å². The Morgan fingerprint density at radius 3 is 2.11 bits per heavy atom. The van der Waals surface area contributed by atoms with Gasteiger partial charge >= 0.3 is 13.5 Å². The van der Waals surface area contributed by atoms with Crippen LogP contribution in [0.25, 0.3) is 0 Å². The smallest absolute Gasteiger partial charge is 0.390 e. The number of aromatic nitrogens is 2. The summed E-state index contributed by atoms with van der Waals surface area (Å²) in [5.74, 6) is -1.17. The Hall–Kier alpha value is -1.36. The van der Waals surface area contributed by atoms with E-state index in [0.717, 1.165) is 23.8 Å². The Morgan fingerprint density at radius 2 is 1.54 bits per heavy atom. The van der Waals surface area contributed by atoms with Gasteiger partial charge in [0.05, 0.1) is 25.5 Å². The van der Waals surface area contributed by atoms with Gasteiger partial charge in [0.15, 0.2) is 0 Å². The van der Waals surface area contributed by atoms with E-state index in [0.29, 0.717) is 12.6 Å². The van der Waals surface area contributed by atoms with Gasteiger partial charge in [-0.05, 0) is 6.42 Å². The number of unbranched alkanes of at least 4 members (excludes halogenated alkanes) is 13. The van der Waals surface area contributed by atoms with Gasteiger partial charge in [-0.2, -0.15) is 4.39 Å². The second kappa shape index (κ2) is 17.3. The summed E-state index contributed by atoms with van der Waals surface area (Å²) < 4.78 is 41.9. The van der Waals surface area contributed by atoms with Crippen LogP contribution in [0.4, 0.5) is 4.39 Å². The Kier molecular flexibility index (Phi) is 14.9. The number of H-pyrrole nitrogens is 1. The topological polar surface area (TPSA) is 140 Å². The zero-order valence-corrected chi connectivity index (χ0v) is 22.8. The summed E-state index contributed by atoms with van der Waals surface area (Å²) in [6.07, 6.45) is 14.2. The van der Waals surface area contributed by atoms with Crippen LogP contribution in [0.1, 0.15) is 109 Å². The van der Waals surface area contributed by atoms with Gasteiger partial charge in [-0.1, -0.05) is 90.4 Å². The highest BCUT2D eigenvalue weighted by Gasteiger charge is 2.37. The second-order valence-electron chi connectivity index (χ2n) is 9.77. The molecule has 0 bridgehead atoms. The number of nitrogens with zero attached hydrogens (tertiary/aromatic N) is 1. The molecular weight excluding hydrogens is 506 g/mol. The number of phosphoric ester groups is 1. The third kappa shape index (κ3) is 12.4. The second-order valence-corrected chi connectivity index (χ2v) is 11.2. The molecule has 0 amide bonds. The van der Waals surface area contributed by atoms with E-state index in [2.05, 4.69) is 6.92 Å². The molecule has 2 heterocycles. The van der Waals surface area contributed by atoms with Gasteiger partial charge in [0.1, 0.15) is 12.3 Å².